The van der Waals surface area contributed by atoms with Crippen LogP contribution in [0.25, 0.3) is 28.0 Å². The van der Waals surface area contributed by atoms with Crippen molar-refractivity contribution in [2.24, 2.45) is 0 Å². The first-order valence-corrected chi connectivity index (χ1v) is 9.88. The lowest BCUT2D eigenvalue weighted by Crippen LogP contribution is -2.25. The maximum absolute atomic E-state index is 13.4. The number of nitrogens with one attached hydrogen (secondary N) is 1. The van der Waals surface area contributed by atoms with Gasteiger partial charge in [-0.05, 0) is 30.7 Å². The van der Waals surface area contributed by atoms with Gasteiger partial charge in [-0.15, -0.1) is 0 Å². The highest BCUT2D eigenvalue weighted by Crippen LogP contribution is 2.38. The Kier molecular flexibility index (Phi) is 5.34. The lowest BCUT2D eigenvalue weighted by molar-refractivity contribution is 0.0365. The Morgan fingerprint density at radius 2 is 1.73 bits per heavy atom. The van der Waals surface area contributed by atoms with Crippen molar-refractivity contribution >= 4 is 34.8 Å². The van der Waals surface area contributed by atoms with Crippen LogP contribution in [-0.2, 0) is 0 Å². The number of hydrogen-bond acceptors (Lipinski definition) is 4. The minimum atomic E-state index is -2.91. The number of alkyl halides is 2. The third-order valence-electron chi connectivity index (χ3n) is 4.42. The maximum Gasteiger partial charge on any atom is 0.262 e. The Morgan fingerprint density at radius 3 is 2.40 bits per heavy atom. The van der Waals surface area contributed by atoms with Crippen molar-refractivity contribution < 1.29 is 8.78 Å². The third-order valence-corrected chi connectivity index (χ3v) is 5.00. The molecule has 2 heterocycles. The molecule has 0 spiro atoms. The van der Waals surface area contributed by atoms with Crippen LogP contribution in [0, 0.1) is 6.92 Å². The van der Waals surface area contributed by atoms with E-state index < -0.39 is 12.5 Å². The lowest BCUT2D eigenvalue weighted by Gasteiger charge is -2.12. The first kappa shape index (κ1) is 20.5. The zero-order valence-electron chi connectivity index (χ0n) is 16.1. The lowest BCUT2D eigenvalue weighted by atomic mass is 10.0. The summed E-state index contributed by atoms with van der Waals surface area (Å²) in [7, 11) is 0. The van der Waals surface area contributed by atoms with E-state index in [9.17, 15) is 8.78 Å². The van der Waals surface area contributed by atoms with E-state index in [1.165, 1.54) is 4.52 Å². The van der Waals surface area contributed by atoms with Crippen LogP contribution in [0.15, 0.2) is 48.5 Å². The fourth-order valence-corrected chi connectivity index (χ4v) is 3.46. The number of nitrogens with zero attached hydrogens (tertiary/aromatic N) is 4. The van der Waals surface area contributed by atoms with Gasteiger partial charge in [-0.1, -0.05) is 53.5 Å². The van der Waals surface area contributed by atoms with E-state index in [2.05, 4.69) is 20.4 Å². The molecule has 30 heavy (non-hydrogen) atoms. The fourth-order valence-electron chi connectivity index (χ4n) is 3.11. The minimum Gasteiger partial charge on any atom is -0.348 e. The molecule has 0 saturated carbocycles. The van der Waals surface area contributed by atoms with E-state index in [-0.39, 0.29) is 5.95 Å². The second kappa shape index (κ2) is 7.81. The Balaban J connectivity index is 2.00. The third kappa shape index (κ3) is 4.08. The van der Waals surface area contributed by atoms with Crippen molar-refractivity contribution in [3.05, 3.63) is 64.4 Å². The zero-order chi connectivity index (χ0) is 21.5. The van der Waals surface area contributed by atoms with Crippen LogP contribution in [0.3, 0.4) is 0 Å². The molecule has 5 nitrogen and oxygen atoms in total. The average molecular weight is 448 g/mol. The van der Waals surface area contributed by atoms with E-state index in [0.717, 1.165) is 12.5 Å². The molecule has 2 aromatic heterocycles. The highest BCUT2D eigenvalue weighted by Gasteiger charge is 2.25. The highest BCUT2D eigenvalue weighted by molar-refractivity contribution is 6.33. The van der Waals surface area contributed by atoms with Gasteiger partial charge in [0.1, 0.15) is 11.5 Å². The summed E-state index contributed by atoms with van der Waals surface area (Å²) in [6.45, 7) is 1.95. The molecule has 0 bridgehead atoms. The van der Waals surface area contributed by atoms with Gasteiger partial charge >= 0.3 is 0 Å². The van der Waals surface area contributed by atoms with E-state index in [4.69, 9.17) is 23.2 Å². The predicted molar refractivity (Wildman–Crippen MR) is 116 cm³/mol. The quantitative estimate of drug-likeness (QED) is 0.399. The normalized spacial score (nSPS) is 11.8. The fraction of sp³-hybridized carbons (Fsp3) is 0.190. The second-order valence-electron chi connectivity index (χ2n) is 6.96. The SMILES string of the molecule is Cc1nc(NCC(C)(F)F)n2nc(-c3ccccc3Cl)c(-c3ccc(Cl)cc3)c2n1. The summed E-state index contributed by atoms with van der Waals surface area (Å²) in [5, 5.41) is 8.43. The number of aromatic nitrogens is 4. The first-order chi connectivity index (χ1) is 14.2. The zero-order valence-corrected chi connectivity index (χ0v) is 17.6. The van der Waals surface area contributed by atoms with Crippen molar-refractivity contribution in [3.8, 4) is 22.4 Å². The van der Waals surface area contributed by atoms with Gasteiger partial charge in [0.15, 0.2) is 5.65 Å². The predicted octanol–water partition coefficient (Wildman–Crippen LogP) is 6.14. The Bertz CT molecular complexity index is 1220. The summed E-state index contributed by atoms with van der Waals surface area (Å²) in [6, 6.07) is 14.5. The molecule has 4 aromatic rings. The molecule has 9 heteroatoms. The minimum absolute atomic E-state index is 0.174. The standard InChI is InChI=1S/C21H17Cl2F2N5/c1-12-27-19-17(13-7-9-14(22)10-8-13)18(15-5-3-4-6-16(15)23)29-30(19)20(28-12)26-11-21(2,24)25/h3-10H,11H2,1-2H3,(H,26,27,28). The summed E-state index contributed by atoms with van der Waals surface area (Å²) in [6.07, 6.45) is 0. The van der Waals surface area contributed by atoms with Crippen LogP contribution in [0.4, 0.5) is 14.7 Å². The Morgan fingerprint density at radius 1 is 1.03 bits per heavy atom. The summed E-state index contributed by atoms with van der Waals surface area (Å²) in [4.78, 5) is 8.81. The van der Waals surface area contributed by atoms with Crippen molar-refractivity contribution in [3.63, 3.8) is 0 Å². The molecule has 2 aromatic carbocycles. The Hall–Kier alpha value is -2.77. The number of fused-ring (bicyclic) bond motifs is 1. The van der Waals surface area contributed by atoms with Crippen LogP contribution in [0.5, 0.6) is 0 Å². The summed E-state index contributed by atoms with van der Waals surface area (Å²) in [5.41, 5.74) is 3.25. The number of benzene rings is 2. The molecule has 0 aliphatic carbocycles. The molecule has 0 amide bonds. The van der Waals surface area contributed by atoms with Gasteiger partial charge in [0, 0.05) is 17.5 Å². The second-order valence-corrected chi connectivity index (χ2v) is 7.81. The number of anilines is 1. The van der Waals surface area contributed by atoms with Gasteiger partial charge in [-0.3, -0.25) is 0 Å². The smallest absolute Gasteiger partial charge is 0.262 e. The number of aryl methyl sites for hydroxylation is 1. The van der Waals surface area contributed by atoms with Crippen molar-refractivity contribution in [2.75, 3.05) is 11.9 Å². The number of halogens is 4. The van der Waals surface area contributed by atoms with Gasteiger partial charge in [-0.25, -0.2) is 13.8 Å². The molecule has 0 aliphatic heterocycles. The van der Waals surface area contributed by atoms with Crippen LogP contribution >= 0.6 is 23.2 Å². The molecule has 154 valence electrons. The van der Waals surface area contributed by atoms with Crippen LogP contribution in [0.1, 0.15) is 12.7 Å². The van der Waals surface area contributed by atoms with Gasteiger partial charge in [0.25, 0.3) is 5.92 Å². The van der Waals surface area contributed by atoms with Crippen molar-refractivity contribution in [2.45, 2.75) is 19.8 Å². The Labute approximate surface area is 181 Å². The summed E-state index contributed by atoms with van der Waals surface area (Å²) >= 11 is 12.5. The van der Waals surface area contributed by atoms with E-state index >= 15 is 0 Å². The van der Waals surface area contributed by atoms with Gasteiger partial charge in [-0.2, -0.15) is 14.6 Å². The maximum atomic E-state index is 13.4. The molecule has 4 rings (SSSR count). The summed E-state index contributed by atoms with van der Waals surface area (Å²) < 4.78 is 28.3. The van der Waals surface area contributed by atoms with Crippen LogP contribution in [-0.4, -0.2) is 32.0 Å². The molecule has 0 saturated heterocycles. The van der Waals surface area contributed by atoms with Crippen LogP contribution < -0.4 is 5.32 Å². The van der Waals surface area contributed by atoms with Gasteiger partial charge < -0.3 is 5.32 Å². The number of hydrogen-bond donors (Lipinski definition) is 1. The largest absolute Gasteiger partial charge is 0.348 e. The molecule has 0 aliphatic rings. The monoisotopic (exact) mass is 447 g/mol. The molecular weight excluding hydrogens is 431 g/mol. The average Bonchev–Trinajstić information content (AvgIpc) is 3.05. The molecule has 0 fully saturated rings. The van der Waals surface area contributed by atoms with E-state index in [0.29, 0.717) is 38.3 Å². The molecule has 0 radical (unpaired) electrons. The van der Waals surface area contributed by atoms with E-state index in [1.807, 2.05) is 30.3 Å². The molecule has 1 N–H and O–H groups in total. The molecular formula is C21H17Cl2F2N5. The molecule has 0 atom stereocenters. The first-order valence-electron chi connectivity index (χ1n) is 9.13. The van der Waals surface area contributed by atoms with Gasteiger partial charge in [0.05, 0.1) is 17.1 Å². The summed E-state index contributed by atoms with van der Waals surface area (Å²) in [5.74, 6) is -2.32. The van der Waals surface area contributed by atoms with E-state index in [1.54, 1.807) is 25.1 Å². The van der Waals surface area contributed by atoms with Gasteiger partial charge in [0.2, 0.25) is 5.95 Å². The topological polar surface area (TPSA) is 55.1 Å². The van der Waals surface area contributed by atoms with Crippen molar-refractivity contribution in [1.82, 2.24) is 19.6 Å². The highest BCUT2D eigenvalue weighted by atomic mass is 35.5. The van der Waals surface area contributed by atoms with Crippen molar-refractivity contribution in [1.29, 1.82) is 0 Å². The number of rotatable bonds is 5. The molecule has 0 unspecified atom stereocenters. The van der Waals surface area contributed by atoms with Crippen LogP contribution in [0.2, 0.25) is 10.0 Å².